The minimum absolute atomic E-state index is 0.259. The van der Waals surface area contributed by atoms with Gasteiger partial charge in [-0.15, -0.1) is 0 Å². The number of phosphoric acid groups is 1. The van der Waals surface area contributed by atoms with Gasteiger partial charge in [0.25, 0.3) is 0 Å². The molecule has 0 spiro atoms. The first-order valence-electron chi connectivity index (χ1n) is 8.48. The van der Waals surface area contributed by atoms with E-state index in [1.54, 1.807) is 6.08 Å². The van der Waals surface area contributed by atoms with Crippen molar-refractivity contribution in [2.45, 2.75) is 0 Å². The number of hydrogen-bond acceptors (Lipinski definition) is 2. The standard InChI is InChI=1S/C21H22O4P2/c1-2-18-27(25-26(22,23)24,19-12-6-3-7-13-19,20-14-8-4-9-15-20)21-16-10-5-11-17-21/h2-17H,1,18H2,(H2,22,23,24). The van der Waals surface area contributed by atoms with Gasteiger partial charge in [0.05, 0.1) is 0 Å². The molecule has 3 aromatic rings. The molecule has 0 saturated heterocycles. The third-order valence-electron chi connectivity index (χ3n) is 4.67. The summed E-state index contributed by atoms with van der Waals surface area (Å²) in [6.07, 6.45) is 1.94. The third kappa shape index (κ3) is 3.43. The molecular formula is C21H22O4P2. The molecule has 3 aromatic carbocycles. The molecule has 0 bridgehead atoms. The average Bonchev–Trinajstić information content (AvgIpc) is 2.69. The van der Waals surface area contributed by atoms with Gasteiger partial charge in [0, 0.05) is 0 Å². The van der Waals surface area contributed by atoms with Crippen molar-refractivity contribution in [3.05, 3.63) is 104 Å². The zero-order chi connectivity index (χ0) is 19.4. The molecule has 0 aliphatic rings. The van der Waals surface area contributed by atoms with Crippen LogP contribution in [0.4, 0.5) is 0 Å². The van der Waals surface area contributed by atoms with Crippen molar-refractivity contribution >= 4 is 30.6 Å². The normalized spacial score (nSPS) is 13.5. The number of allylic oxidation sites excluding steroid dienone is 1. The SMILES string of the molecule is C=CCP(OP(=O)(O)O)(c1ccccc1)(c1ccccc1)c1ccccc1. The van der Waals surface area contributed by atoms with E-state index in [0.29, 0.717) is 0 Å². The molecule has 140 valence electrons. The summed E-state index contributed by atoms with van der Waals surface area (Å²) < 4.78 is 18.3. The molecule has 0 aromatic heterocycles. The molecule has 0 saturated carbocycles. The Balaban J connectivity index is 2.56. The molecular weight excluding hydrogens is 378 g/mol. The molecule has 3 rings (SSSR count). The fourth-order valence-corrected chi connectivity index (χ4v) is 11.4. The van der Waals surface area contributed by atoms with Crippen molar-refractivity contribution in [2.24, 2.45) is 0 Å². The maximum atomic E-state index is 12.3. The van der Waals surface area contributed by atoms with E-state index in [4.69, 9.17) is 4.31 Å². The van der Waals surface area contributed by atoms with E-state index in [1.165, 1.54) is 0 Å². The van der Waals surface area contributed by atoms with Gasteiger partial charge >= 0.3 is 159 Å². The molecule has 0 atom stereocenters. The Hall–Kier alpha value is -2.06. The average molecular weight is 400 g/mol. The molecule has 0 aliphatic heterocycles. The first-order valence-corrected chi connectivity index (χ1v) is 12.4. The van der Waals surface area contributed by atoms with Gasteiger partial charge in [-0.3, -0.25) is 0 Å². The second-order valence-corrected chi connectivity index (χ2v) is 12.2. The van der Waals surface area contributed by atoms with Crippen LogP contribution in [-0.2, 0) is 8.88 Å². The van der Waals surface area contributed by atoms with Gasteiger partial charge in [0.1, 0.15) is 0 Å². The molecule has 0 aliphatic carbocycles. The van der Waals surface area contributed by atoms with Crippen LogP contribution in [0.5, 0.6) is 0 Å². The molecule has 0 fully saturated rings. The topological polar surface area (TPSA) is 66.8 Å². The second-order valence-electron chi connectivity index (χ2n) is 6.26. The van der Waals surface area contributed by atoms with Crippen LogP contribution in [0.3, 0.4) is 0 Å². The maximum absolute atomic E-state index is 12.3. The van der Waals surface area contributed by atoms with Crippen LogP contribution in [-0.4, -0.2) is 15.9 Å². The molecule has 4 nitrogen and oxygen atoms in total. The van der Waals surface area contributed by atoms with E-state index in [2.05, 4.69) is 6.58 Å². The van der Waals surface area contributed by atoms with Gasteiger partial charge in [-0.2, -0.15) is 0 Å². The van der Waals surface area contributed by atoms with Crippen molar-refractivity contribution in [3.63, 3.8) is 0 Å². The quantitative estimate of drug-likeness (QED) is 0.469. The summed E-state index contributed by atoms with van der Waals surface area (Å²) in [6, 6.07) is 28.0. The monoisotopic (exact) mass is 400 g/mol. The summed E-state index contributed by atoms with van der Waals surface area (Å²) in [5.41, 5.74) is 0. The molecule has 0 amide bonds. The number of hydrogen-bond donors (Lipinski definition) is 2. The Morgan fingerprint density at radius 2 is 1.11 bits per heavy atom. The summed E-state index contributed by atoms with van der Waals surface area (Å²) in [6.45, 7) is -0.110. The first-order chi connectivity index (χ1) is 12.9. The second kappa shape index (κ2) is 7.52. The van der Waals surface area contributed by atoms with E-state index in [1.807, 2.05) is 91.0 Å². The Kier molecular flexibility index (Phi) is 5.48. The number of benzene rings is 3. The Morgan fingerprint density at radius 3 is 1.37 bits per heavy atom. The van der Waals surface area contributed by atoms with Crippen LogP contribution >= 0.6 is 14.7 Å². The number of rotatable bonds is 7. The summed E-state index contributed by atoms with van der Waals surface area (Å²) in [5, 5.41) is 2.22. The van der Waals surface area contributed by atoms with Crippen molar-refractivity contribution in [3.8, 4) is 0 Å². The summed E-state index contributed by atoms with van der Waals surface area (Å²) in [4.78, 5) is 20.0. The zero-order valence-electron chi connectivity index (χ0n) is 14.8. The predicted molar refractivity (Wildman–Crippen MR) is 113 cm³/mol. The predicted octanol–water partition coefficient (Wildman–Crippen LogP) is 3.73. The van der Waals surface area contributed by atoms with Gasteiger partial charge in [0.2, 0.25) is 0 Å². The molecule has 0 heterocycles. The van der Waals surface area contributed by atoms with Crippen LogP contribution in [0.25, 0.3) is 0 Å². The van der Waals surface area contributed by atoms with Gasteiger partial charge in [-0.25, -0.2) is 0 Å². The van der Waals surface area contributed by atoms with Crippen LogP contribution in [0, 0.1) is 0 Å². The molecule has 2 N–H and O–H groups in total. The Labute approximate surface area is 159 Å². The molecule has 27 heavy (non-hydrogen) atoms. The van der Waals surface area contributed by atoms with Crippen molar-refractivity contribution in [2.75, 3.05) is 6.16 Å². The van der Waals surface area contributed by atoms with Crippen LogP contribution in [0.2, 0.25) is 0 Å². The summed E-state index contributed by atoms with van der Waals surface area (Å²) in [5.74, 6) is 0. The first kappa shape index (κ1) is 19.7. The van der Waals surface area contributed by atoms with Crippen molar-refractivity contribution in [1.82, 2.24) is 0 Å². The van der Waals surface area contributed by atoms with E-state index >= 15 is 0 Å². The van der Waals surface area contributed by atoms with Gasteiger partial charge < -0.3 is 0 Å². The fourth-order valence-electron chi connectivity index (χ4n) is 3.65. The molecule has 0 radical (unpaired) electrons. The molecule has 6 heteroatoms. The van der Waals surface area contributed by atoms with Gasteiger partial charge in [0.15, 0.2) is 0 Å². The summed E-state index contributed by atoms with van der Waals surface area (Å²) >= 11 is 0. The minimum atomic E-state index is -4.87. The van der Waals surface area contributed by atoms with Gasteiger partial charge in [-0.1, -0.05) is 0 Å². The van der Waals surface area contributed by atoms with E-state index in [-0.39, 0.29) is 6.16 Å². The van der Waals surface area contributed by atoms with Crippen LogP contribution < -0.4 is 15.9 Å². The van der Waals surface area contributed by atoms with Crippen LogP contribution in [0.1, 0.15) is 0 Å². The van der Waals surface area contributed by atoms with Crippen molar-refractivity contribution < 1.29 is 18.7 Å². The summed E-state index contributed by atoms with van der Waals surface area (Å²) in [7, 11) is -4.87. The van der Waals surface area contributed by atoms with E-state index in [0.717, 1.165) is 15.9 Å². The van der Waals surface area contributed by atoms with Crippen molar-refractivity contribution in [1.29, 1.82) is 0 Å². The Bertz CT molecular complexity index is 854. The fraction of sp³-hybridized carbons (Fsp3) is 0.0476. The van der Waals surface area contributed by atoms with E-state index in [9.17, 15) is 14.4 Å². The third-order valence-corrected chi connectivity index (χ3v) is 12.1. The van der Waals surface area contributed by atoms with Gasteiger partial charge in [-0.05, 0) is 0 Å². The molecule has 0 unspecified atom stereocenters. The van der Waals surface area contributed by atoms with Crippen LogP contribution in [0.15, 0.2) is 104 Å². The zero-order valence-corrected chi connectivity index (χ0v) is 16.5. The Morgan fingerprint density at radius 1 is 0.778 bits per heavy atom. The van der Waals surface area contributed by atoms with E-state index < -0.39 is 14.7 Å².